The van der Waals surface area contributed by atoms with Gasteiger partial charge in [-0.3, -0.25) is 4.79 Å². The molecule has 0 spiro atoms. The van der Waals surface area contributed by atoms with Gasteiger partial charge in [0.2, 0.25) is 0 Å². The van der Waals surface area contributed by atoms with E-state index in [1.807, 2.05) is 50.5 Å². The third-order valence-electron chi connectivity index (χ3n) is 5.31. The number of H-pyrrole nitrogens is 1. The van der Waals surface area contributed by atoms with Crippen LogP contribution in [0.25, 0.3) is 22.3 Å². The van der Waals surface area contributed by atoms with E-state index in [0.29, 0.717) is 11.7 Å². The van der Waals surface area contributed by atoms with E-state index in [1.165, 1.54) is 0 Å². The largest absolute Gasteiger partial charge is 0.378 e. The Balaban J connectivity index is 1.39. The highest BCUT2D eigenvalue weighted by molar-refractivity contribution is 5.94. The summed E-state index contributed by atoms with van der Waals surface area (Å²) in [4.78, 5) is 26.4. The molecule has 1 fully saturated rings. The molecule has 1 amide bonds. The number of carbonyl (C=O) groups is 1. The lowest BCUT2D eigenvalue weighted by Crippen LogP contribution is -2.28. The van der Waals surface area contributed by atoms with Crippen LogP contribution in [0.1, 0.15) is 41.9 Å². The molecular weight excluding hydrogens is 352 g/mol. The molecule has 4 rings (SSSR count). The van der Waals surface area contributed by atoms with E-state index in [9.17, 15) is 4.79 Å². The smallest absolute Gasteiger partial charge is 0.253 e. The number of ether oxygens (including phenoxy) is 1. The van der Waals surface area contributed by atoms with Crippen molar-refractivity contribution < 1.29 is 9.53 Å². The standard InChI is InChI=1S/C22H26N4O2/c1-15-24-20-13-18(14-23-21(20)25-15)16-7-9-17(10-8-16)22(27)26(2)11-3-5-19-6-4-12-28-19/h7-10,13-14,19H,3-6,11-12H2,1-2H3,(H,23,24,25)/t19-/m1/s1. The monoisotopic (exact) mass is 378 g/mol. The molecule has 6 nitrogen and oxygen atoms in total. The van der Waals surface area contributed by atoms with Crippen molar-refractivity contribution >= 4 is 17.1 Å². The van der Waals surface area contributed by atoms with E-state index in [-0.39, 0.29) is 5.91 Å². The second-order valence-electron chi connectivity index (χ2n) is 7.50. The molecule has 0 saturated carbocycles. The fourth-order valence-electron chi connectivity index (χ4n) is 3.73. The fourth-order valence-corrected chi connectivity index (χ4v) is 3.73. The number of carbonyl (C=O) groups excluding carboxylic acids is 1. The van der Waals surface area contributed by atoms with Crippen LogP contribution in [0.2, 0.25) is 0 Å². The molecule has 0 unspecified atom stereocenters. The van der Waals surface area contributed by atoms with Gasteiger partial charge in [-0.1, -0.05) is 12.1 Å². The number of imidazole rings is 1. The zero-order valence-corrected chi connectivity index (χ0v) is 16.4. The molecule has 146 valence electrons. The van der Waals surface area contributed by atoms with Crippen molar-refractivity contribution in [1.29, 1.82) is 0 Å². The summed E-state index contributed by atoms with van der Waals surface area (Å²) < 4.78 is 5.65. The SMILES string of the molecule is Cc1nc2ncc(-c3ccc(C(=O)N(C)CCC[C@@H]4CCCO4)cc3)cc2[nH]1. The molecule has 1 aromatic carbocycles. The summed E-state index contributed by atoms with van der Waals surface area (Å²) in [7, 11) is 1.87. The first-order valence-corrected chi connectivity index (χ1v) is 9.90. The summed E-state index contributed by atoms with van der Waals surface area (Å²) in [6, 6.07) is 9.75. The van der Waals surface area contributed by atoms with Crippen LogP contribution in [0.3, 0.4) is 0 Å². The summed E-state index contributed by atoms with van der Waals surface area (Å²) in [5.41, 5.74) is 4.37. The Morgan fingerprint density at radius 1 is 1.29 bits per heavy atom. The topological polar surface area (TPSA) is 71.1 Å². The van der Waals surface area contributed by atoms with Crippen LogP contribution in [0.4, 0.5) is 0 Å². The Bertz CT molecular complexity index is 958. The van der Waals surface area contributed by atoms with E-state index in [1.54, 1.807) is 4.90 Å². The van der Waals surface area contributed by atoms with Crippen molar-refractivity contribution in [2.45, 2.75) is 38.7 Å². The van der Waals surface area contributed by atoms with E-state index >= 15 is 0 Å². The van der Waals surface area contributed by atoms with Gasteiger partial charge in [-0.15, -0.1) is 0 Å². The Hall–Kier alpha value is -2.73. The normalized spacial score (nSPS) is 16.6. The number of pyridine rings is 1. The number of hydrogen-bond acceptors (Lipinski definition) is 4. The number of nitrogens with zero attached hydrogens (tertiary/aromatic N) is 3. The highest BCUT2D eigenvalue weighted by Crippen LogP contribution is 2.23. The predicted octanol–water partition coefficient (Wildman–Crippen LogP) is 3.96. The second kappa shape index (κ2) is 8.10. The first-order chi connectivity index (χ1) is 13.6. The molecule has 2 aromatic heterocycles. The van der Waals surface area contributed by atoms with Crippen molar-refractivity contribution in [2.24, 2.45) is 0 Å². The second-order valence-corrected chi connectivity index (χ2v) is 7.50. The molecule has 0 bridgehead atoms. The summed E-state index contributed by atoms with van der Waals surface area (Å²) in [6.45, 7) is 3.55. The maximum Gasteiger partial charge on any atom is 0.253 e. The van der Waals surface area contributed by atoms with Crippen LogP contribution in [0, 0.1) is 6.92 Å². The molecule has 3 aromatic rings. The number of rotatable bonds is 6. The number of amides is 1. The first-order valence-electron chi connectivity index (χ1n) is 9.90. The Morgan fingerprint density at radius 3 is 2.86 bits per heavy atom. The number of aromatic amines is 1. The van der Waals surface area contributed by atoms with Crippen LogP contribution >= 0.6 is 0 Å². The number of hydrogen-bond donors (Lipinski definition) is 1. The van der Waals surface area contributed by atoms with Crippen LogP contribution in [-0.2, 0) is 4.74 Å². The molecule has 1 aliphatic heterocycles. The van der Waals surface area contributed by atoms with Crippen molar-refractivity contribution in [3.8, 4) is 11.1 Å². The lowest BCUT2D eigenvalue weighted by Gasteiger charge is -2.18. The Labute approximate surface area is 164 Å². The average molecular weight is 378 g/mol. The van der Waals surface area contributed by atoms with Crippen molar-refractivity contribution in [3.63, 3.8) is 0 Å². The number of aryl methyl sites for hydroxylation is 1. The van der Waals surface area contributed by atoms with Gasteiger partial charge in [0, 0.05) is 37.5 Å². The van der Waals surface area contributed by atoms with Gasteiger partial charge in [0.05, 0.1) is 11.6 Å². The van der Waals surface area contributed by atoms with Crippen LogP contribution in [0.5, 0.6) is 0 Å². The summed E-state index contributed by atoms with van der Waals surface area (Å²) in [5.74, 6) is 0.903. The zero-order chi connectivity index (χ0) is 19.5. The maximum atomic E-state index is 12.7. The zero-order valence-electron chi connectivity index (χ0n) is 16.4. The van der Waals surface area contributed by atoms with E-state index in [2.05, 4.69) is 15.0 Å². The number of benzene rings is 1. The number of fused-ring (bicyclic) bond motifs is 1. The molecular formula is C22H26N4O2. The third kappa shape index (κ3) is 4.07. The van der Waals surface area contributed by atoms with E-state index < -0.39 is 0 Å². The van der Waals surface area contributed by atoms with Gasteiger partial charge in [-0.2, -0.15) is 0 Å². The molecule has 3 heterocycles. The van der Waals surface area contributed by atoms with Crippen LogP contribution < -0.4 is 0 Å². The van der Waals surface area contributed by atoms with Crippen molar-refractivity contribution in [3.05, 3.63) is 47.9 Å². The lowest BCUT2D eigenvalue weighted by molar-refractivity contribution is 0.0763. The van der Waals surface area contributed by atoms with E-state index in [4.69, 9.17) is 4.74 Å². The predicted molar refractivity (Wildman–Crippen MR) is 109 cm³/mol. The minimum atomic E-state index is 0.0525. The molecule has 28 heavy (non-hydrogen) atoms. The van der Waals surface area contributed by atoms with Gasteiger partial charge in [0.1, 0.15) is 5.82 Å². The quantitative estimate of drug-likeness (QED) is 0.705. The fraction of sp³-hybridized carbons (Fsp3) is 0.409. The van der Waals surface area contributed by atoms with Gasteiger partial charge in [-0.25, -0.2) is 9.97 Å². The first kappa shape index (κ1) is 18.6. The van der Waals surface area contributed by atoms with Crippen molar-refractivity contribution in [2.75, 3.05) is 20.2 Å². The summed E-state index contributed by atoms with van der Waals surface area (Å²) in [6.07, 6.45) is 6.51. The Kier molecular flexibility index (Phi) is 5.39. The summed E-state index contributed by atoms with van der Waals surface area (Å²) >= 11 is 0. The van der Waals surface area contributed by atoms with Gasteiger partial charge in [0.15, 0.2) is 5.65 Å². The highest BCUT2D eigenvalue weighted by atomic mass is 16.5. The molecule has 6 heteroatoms. The maximum absolute atomic E-state index is 12.7. The highest BCUT2D eigenvalue weighted by Gasteiger charge is 2.17. The molecule has 1 aliphatic rings. The van der Waals surface area contributed by atoms with Gasteiger partial charge < -0.3 is 14.6 Å². The Morgan fingerprint density at radius 2 is 2.11 bits per heavy atom. The molecule has 0 radical (unpaired) electrons. The molecule has 1 saturated heterocycles. The third-order valence-corrected chi connectivity index (χ3v) is 5.31. The lowest BCUT2D eigenvalue weighted by atomic mass is 10.0. The van der Waals surface area contributed by atoms with Gasteiger partial charge in [-0.05, 0) is 56.4 Å². The van der Waals surface area contributed by atoms with Crippen LogP contribution in [-0.4, -0.2) is 52.1 Å². The van der Waals surface area contributed by atoms with Gasteiger partial charge >= 0.3 is 0 Å². The van der Waals surface area contributed by atoms with Crippen molar-refractivity contribution in [1.82, 2.24) is 19.9 Å². The minimum absolute atomic E-state index is 0.0525. The average Bonchev–Trinajstić information content (AvgIpc) is 3.35. The van der Waals surface area contributed by atoms with E-state index in [0.717, 1.165) is 67.0 Å². The molecule has 0 aliphatic carbocycles. The van der Waals surface area contributed by atoms with Gasteiger partial charge in [0.25, 0.3) is 5.91 Å². The van der Waals surface area contributed by atoms with Crippen LogP contribution in [0.15, 0.2) is 36.5 Å². The number of aromatic nitrogens is 3. The minimum Gasteiger partial charge on any atom is -0.378 e. The number of nitrogens with one attached hydrogen (secondary N) is 1. The molecule has 1 atom stereocenters. The molecule has 1 N–H and O–H groups in total. The summed E-state index contributed by atoms with van der Waals surface area (Å²) in [5, 5.41) is 0.